The van der Waals surface area contributed by atoms with Gasteiger partial charge in [-0.3, -0.25) is 4.79 Å². The average Bonchev–Trinajstić information content (AvgIpc) is 2.56. The number of thioether (sulfide) groups is 1. The standard InChI is InChI=1S/C9H15N3OS/c1-11-2-4-12(5-3-11)6-9-10-8(13)7-14-9/h6H,2-5,7H2,1H3,(H,10,13). The summed E-state index contributed by atoms with van der Waals surface area (Å²) in [4.78, 5) is 15.5. The molecule has 2 aliphatic rings. The quantitative estimate of drug-likeness (QED) is 0.659. The molecule has 0 radical (unpaired) electrons. The van der Waals surface area contributed by atoms with Crippen LogP contribution in [0.5, 0.6) is 0 Å². The van der Waals surface area contributed by atoms with Gasteiger partial charge in [0.25, 0.3) is 0 Å². The molecule has 0 atom stereocenters. The van der Waals surface area contributed by atoms with E-state index in [4.69, 9.17) is 0 Å². The number of nitrogens with one attached hydrogen (secondary N) is 1. The smallest absolute Gasteiger partial charge is 0.235 e. The number of hydrogen-bond acceptors (Lipinski definition) is 4. The molecule has 0 aromatic heterocycles. The highest BCUT2D eigenvalue weighted by molar-refractivity contribution is 8.04. The van der Waals surface area contributed by atoms with Crippen molar-refractivity contribution >= 4 is 17.7 Å². The van der Waals surface area contributed by atoms with Crippen molar-refractivity contribution in [1.82, 2.24) is 15.1 Å². The number of carbonyl (C=O) groups is 1. The second-order valence-corrected chi connectivity index (χ2v) is 4.69. The molecule has 78 valence electrons. The Balaban J connectivity index is 1.88. The van der Waals surface area contributed by atoms with E-state index in [1.54, 1.807) is 11.8 Å². The fraction of sp³-hybridized carbons (Fsp3) is 0.667. The van der Waals surface area contributed by atoms with Crippen LogP contribution in [0, 0.1) is 0 Å². The lowest BCUT2D eigenvalue weighted by atomic mass is 10.3. The summed E-state index contributed by atoms with van der Waals surface area (Å²) in [6.45, 7) is 4.30. The van der Waals surface area contributed by atoms with E-state index in [-0.39, 0.29) is 5.91 Å². The van der Waals surface area contributed by atoms with E-state index in [0.717, 1.165) is 31.2 Å². The molecule has 2 fully saturated rings. The number of piperazine rings is 1. The van der Waals surface area contributed by atoms with Crippen LogP contribution in [0.15, 0.2) is 11.2 Å². The van der Waals surface area contributed by atoms with Gasteiger partial charge in [-0.1, -0.05) is 11.8 Å². The van der Waals surface area contributed by atoms with Crippen molar-refractivity contribution in [2.75, 3.05) is 39.0 Å². The summed E-state index contributed by atoms with van der Waals surface area (Å²) < 4.78 is 0. The van der Waals surface area contributed by atoms with Crippen molar-refractivity contribution in [3.05, 3.63) is 11.2 Å². The molecule has 2 heterocycles. The summed E-state index contributed by atoms with van der Waals surface area (Å²) in [6, 6.07) is 0. The Morgan fingerprint density at radius 3 is 2.64 bits per heavy atom. The van der Waals surface area contributed by atoms with Crippen LogP contribution in [0.4, 0.5) is 0 Å². The van der Waals surface area contributed by atoms with Gasteiger partial charge in [0.05, 0.1) is 10.8 Å². The van der Waals surface area contributed by atoms with Crippen LogP contribution in [0.3, 0.4) is 0 Å². The summed E-state index contributed by atoms with van der Waals surface area (Å²) in [5.41, 5.74) is 0. The highest BCUT2D eigenvalue weighted by Gasteiger charge is 2.17. The van der Waals surface area contributed by atoms with E-state index >= 15 is 0 Å². The molecule has 0 spiro atoms. The molecule has 1 N–H and O–H groups in total. The van der Waals surface area contributed by atoms with Crippen LogP contribution in [-0.4, -0.2) is 54.7 Å². The van der Waals surface area contributed by atoms with E-state index in [0.29, 0.717) is 5.75 Å². The van der Waals surface area contributed by atoms with Crippen LogP contribution in [-0.2, 0) is 4.79 Å². The molecule has 14 heavy (non-hydrogen) atoms. The maximum absolute atomic E-state index is 10.9. The van der Waals surface area contributed by atoms with Crippen molar-refractivity contribution in [2.45, 2.75) is 0 Å². The molecule has 0 bridgehead atoms. The van der Waals surface area contributed by atoms with Crippen molar-refractivity contribution in [3.63, 3.8) is 0 Å². The van der Waals surface area contributed by atoms with Crippen molar-refractivity contribution in [1.29, 1.82) is 0 Å². The zero-order valence-electron chi connectivity index (χ0n) is 8.32. The van der Waals surface area contributed by atoms with Gasteiger partial charge in [-0.05, 0) is 7.05 Å². The van der Waals surface area contributed by atoms with E-state index in [9.17, 15) is 4.79 Å². The summed E-state index contributed by atoms with van der Waals surface area (Å²) in [5.74, 6) is 0.690. The Labute approximate surface area is 88.3 Å². The summed E-state index contributed by atoms with van der Waals surface area (Å²) in [5, 5.41) is 3.84. The molecule has 0 aliphatic carbocycles. The molecule has 0 aromatic carbocycles. The predicted octanol–water partition coefficient (Wildman–Crippen LogP) is -0.104. The predicted molar refractivity (Wildman–Crippen MR) is 57.8 cm³/mol. The number of carbonyl (C=O) groups excluding carboxylic acids is 1. The zero-order valence-corrected chi connectivity index (χ0v) is 9.14. The third-order valence-electron chi connectivity index (χ3n) is 2.46. The monoisotopic (exact) mass is 213 g/mol. The minimum atomic E-state index is 0.121. The Bertz CT molecular complexity index is 259. The Kier molecular flexibility index (Phi) is 2.98. The fourth-order valence-electron chi connectivity index (χ4n) is 1.54. The molecule has 5 heteroatoms. The fourth-order valence-corrected chi connectivity index (χ4v) is 2.31. The molecule has 2 aliphatic heterocycles. The molecule has 2 rings (SSSR count). The van der Waals surface area contributed by atoms with Gasteiger partial charge in [0.1, 0.15) is 0 Å². The Hall–Kier alpha value is -0.680. The van der Waals surface area contributed by atoms with Crippen LogP contribution in [0.1, 0.15) is 0 Å². The lowest BCUT2D eigenvalue weighted by Gasteiger charge is -2.31. The first-order valence-electron chi connectivity index (χ1n) is 4.81. The van der Waals surface area contributed by atoms with E-state index < -0.39 is 0 Å². The highest BCUT2D eigenvalue weighted by Crippen LogP contribution is 2.19. The van der Waals surface area contributed by atoms with Crippen molar-refractivity contribution in [2.24, 2.45) is 0 Å². The van der Waals surface area contributed by atoms with Gasteiger partial charge in [-0.25, -0.2) is 0 Å². The van der Waals surface area contributed by atoms with Gasteiger partial charge < -0.3 is 15.1 Å². The Morgan fingerprint density at radius 2 is 2.07 bits per heavy atom. The number of rotatable bonds is 1. The lowest BCUT2D eigenvalue weighted by molar-refractivity contribution is -0.117. The van der Waals surface area contributed by atoms with E-state index in [2.05, 4.69) is 28.4 Å². The van der Waals surface area contributed by atoms with Gasteiger partial charge in [0, 0.05) is 32.4 Å². The zero-order chi connectivity index (χ0) is 9.97. The molecule has 2 saturated heterocycles. The van der Waals surface area contributed by atoms with E-state index in [1.807, 2.05) is 0 Å². The van der Waals surface area contributed by atoms with Crippen LogP contribution in [0.25, 0.3) is 0 Å². The van der Waals surface area contributed by atoms with Gasteiger partial charge in [-0.2, -0.15) is 0 Å². The Morgan fingerprint density at radius 1 is 1.36 bits per heavy atom. The second kappa shape index (κ2) is 4.23. The van der Waals surface area contributed by atoms with Crippen LogP contribution < -0.4 is 5.32 Å². The van der Waals surface area contributed by atoms with Crippen molar-refractivity contribution in [3.8, 4) is 0 Å². The van der Waals surface area contributed by atoms with Gasteiger partial charge >= 0.3 is 0 Å². The van der Waals surface area contributed by atoms with Gasteiger partial charge in [0.2, 0.25) is 5.91 Å². The minimum Gasteiger partial charge on any atom is -0.373 e. The maximum atomic E-state index is 10.9. The van der Waals surface area contributed by atoms with Gasteiger partial charge in [0.15, 0.2) is 0 Å². The average molecular weight is 213 g/mol. The third kappa shape index (κ3) is 2.42. The summed E-state index contributed by atoms with van der Waals surface area (Å²) in [7, 11) is 2.14. The number of hydrogen-bond donors (Lipinski definition) is 1. The van der Waals surface area contributed by atoms with Gasteiger partial charge in [-0.15, -0.1) is 0 Å². The summed E-state index contributed by atoms with van der Waals surface area (Å²) >= 11 is 1.59. The topological polar surface area (TPSA) is 35.6 Å². The maximum Gasteiger partial charge on any atom is 0.235 e. The molecular weight excluding hydrogens is 198 g/mol. The molecule has 0 saturated carbocycles. The number of nitrogens with zero attached hydrogens (tertiary/aromatic N) is 2. The van der Waals surface area contributed by atoms with Crippen molar-refractivity contribution < 1.29 is 4.79 Å². The highest BCUT2D eigenvalue weighted by atomic mass is 32.2. The summed E-state index contributed by atoms with van der Waals surface area (Å²) in [6.07, 6.45) is 2.07. The second-order valence-electron chi connectivity index (χ2n) is 3.67. The lowest BCUT2D eigenvalue weighted by Crippen LogP contribution is -2.42. The molecule has 0 unspecified atom stereocenters. The normalized spacial score (nSPS) is 27.1. The molecule has 4 nitrogen and oxygen atoms in total. The minimum absolute atomic E-state index is 0.121. The number of amides is 1. The first kappa shape index (κ1) is 9.86. The number of likely N-dealkylation sites (N-methyl/N-ethyl adjacent to an activating group) is 1. The molecular formula is C9H15N3OS. The third-order valence-corrected chi connectivity index (χ3v) is 3.38. The SMILES string of the molecule is CN1CCN(C=C2NC(=O)CS2)CC1. The van der Waals surface area contributed by atoms with E-state index in [1.165, 1.54) is 0 Å². The molecule has 1 amide bonds. The molecule has 0 aromatic rings. The van der Waals surface area contributed by atoms with Crippen LogP contribution in [0.2, 0.25) is 0 Å². The first-order valence-corrected chi connectivity index (χ1v) is 5.80. The first-order chi connectivity index (χ1) is 6.74. The van der Waals surface area contributed by atoms with Crippen LogP contribution >= 0.6 is 11.8 Å². The largest absolute Gasteiger partial charge is 0.373 e.